The molecule has 0 saturated carbocycles. The monoisotopic (exact) mass is 321 g/mol. The minimum atomic E-state index is 0. The topological polar surface area (TPSA) is 3.24 Å². The highest BCUT2D eigenvalue weighted by atomic mass is 35.5. The van der Waals surface area contributed by atoms with Gasteiger partial charge in [-0.05, 0) is 28.5 Å². The van der Waals surface area contributed by atoms with E-state index in [0.717, 1.165) is 19.6 Å². The van der Waals surface area contributed by atoms with E-state index < -0.39 is 0 Å². The molecule has 1 aliphatic rings. The van der Waals surface area contributed by atoms with Crippen LogP contribution >= 0.6 is 35.6 Å². The lowest BCUT2D eigenvalue weighted by Gasteiger charge is -2.33. The molecule has 0 N–H and O–H groups in total. The number of benzene rings is 1. The minimum absolute atomic E-state index is 0. The normalized spacial score (nSPS) is 21.2. The van der Waals surface area contributed by atoms with Crippen molar-refractivity contribution in [3.8, 4) is 0 Å². The average Bonchev–Trinajstić information content (AvgIpc) is 2.41. The standard InChI is InChI=1S/C15H21Cl2N.ClH/c1-14(2)9-18(10-15(14,3)4)8-11-5-6-12(16)13(17)7-11;/h5-7H,8-10H2,1-4H3;1H. The van der Waals surface area contributed by atoms with Crippen LogP contribution in [-0.2, 0) is 6.54 Å². The Hall–Kier alpha value is 0.0500. The first-order valence-corrected chi connectivity index (χ1v) is 7.13. The Balaban J connectivity index is 0.00000180. The largest absolute Gasteiger partial charge is 0.298 e. The second-order valence-corrected chi connectivity index (χ2v) is 7.48. The number of likely N-dealkylation sites (tertiary alicyclic amines) is 1. The van der Waals surface area contributed by atoms with Gasteiger partial charge in [0.2, 0.25) is 0 Å². The van der Waals surface area contributed by atoms with E-state index in [-0.39, 0.29) is 12.4 Å². The molecule has 1 heterocycles. The SMILES string of the molecule is CC1(C)CN(Cc2ccc(Cl)c(Cl)c2)CC1(C)C.Cl. The molecule has 1 saturated heterocycles. The number of rotatable bonds is 2. The van der Waals surface area contributed by atoms with Gasteiger partial charge in [0.05, 0.1) is 10.0 Å². The van der Waals surface area contributed by atoms with Crippen LogP contribution in [0.2, 0.25) is 10.0 Å². The highest BCUT2D eigenvalue weighted by Gasteiger charge is 2.45. The maximum atomic E-state index is 6.06. The second kappa shape index (κ2) is 5.81. The zero-order valence-electron chi connectivity index (χ0n) is 12.0. The van der Waals surface area contributed by atoms with Gasteiger partial charge in [0.25, 0.3) is 0 Å². The molecule has 1 nitrogen and oxygen atoms in total. The molecule has 0 aliphatic carbocycles. The maximum absolute atomic E-state index is 6.06. The summed E-state index contributed by atoms with van der Waals surface area (Å²) in [6.07, 6.45) is 0. The van der Waals surface area contributed by atoms with Crippen molar-refractivity contribution in [3.63, 3.8) is 0 Å². The Morgan fingerprint density at radius 3 is 2.00 bits per heavy atom. The van der Waals surface area contributed by atoms with Crippen molar-refractivity contribution < 1.29 is 0 Å². The van der Waals surface area contributed by atoms with E-state index in [2.05, 4.69) is 38.7 Å². The molecule has 108 valence electrons. The van der Waals surface area contributed by atoms with Crippen LogP contribution in [0.4, 0.5) is 0 Å². The molecule has 0 atom stereocenters. The van der Waals surface area contributed by atoms with Crippen molar-refractivity contribution in [2.24, 2.45) is 10.8 Å². The predicted octanol–water partition coefficient (Wildman–Crippen LogP) is 5.28. The third kappa shape index (κ3) is 3.58. The number of halogens is 3. The number of nitrogens with zero attached hydrogens (tertiary/aromatic N) is 1. The molecular weight excluding hydrogens is 301 g/mol. The van der Waals surface area contributed by atoms with Gasteiger partial charge < -0.3 is 0 Å². The van der Waals surface area contributed by atoms with Crippen LogP contribution < -0.4 is 0 Å². The van der Waals surface area contributed by atoms with Crippen molar-refractivity contribution >= 4 is 35.6 Å². The smallest absolute Gasteiger partial charge is 0.0595 e. The molecule has 1 fully saturated rings. The summed E-state index contributed by atoms with van der Waals surface area (Å²) in [6.45, 7) is 12.6. The average molecular weight is 323 g/mol. The van der Waals surface area contributed by atoms with E-state index in [4.69, 9.17) is 23.2 Å². The van der Waals surface area contributed by atoms with Crippen LogP contribution in [0.1, 0.15) is 33.3 Å². The van der Waals surface area contributed by atoms with Gasteiger partial charge in [-0.3, -0.25) is 4.90 Å². The Bertz CT molecular complexity index is 439. The highest BCUT2D eigenvalue weighted by molar-refractivity contribution is 6.42. The fraction of sp³-hybridized carbons (Fsp3) is 0.600. The van der Waals surface area contributed by atoms with E-state index in [1.165, 1.54) is 5.56 Å². The van der Waals surface area contributed by atoms with Crippen molar-refractivity contribution in [2.75, 3.05) is 13.1 Å². The first-order valence-electron chi connectivity index (χ1n) is 6.38. The summed E-state index contributed by atoms with van der Waals surface area (Å²) in [6, 6.07) is 5.92. The third-order valence-corrected chi connectivity index (χ3v) is 5.20. The fourth-order valence-corrected chi connectivity index (χ4v) is 2.93. The summed E-state index contributed by atoms with van der Waals surface area (Å²) in [5.74, 6) is 0. The fourth-order valence-electron chi connectivity index (χ4n) is 2.61. The molecule has 0 radical (unpaired) electrons. The van der Waals surface area contributed by atoms with Crippen molar-refractivity contribution in [3.05, 3.63) is 33.8 Å². The van der Waals surface area contributed by atoms with Gasteiger partial charge in [-0.2, -0.15) is 0 Å². The summed E-state index contributed by atoms with van der Waals surface area (Å²) >= 11 is 12.0. The molecule has 0 spiro atoms. The molecule has 0 unspecified atom stereocenters. The Kier molecular flexibility index (Phi) is 5.23. The van der Waals surface area contributed by atoms with Gasteiger partial charge in [-0.1, -0.05) is 57.0 Å². The molecule has 0 aromatic heterocycles. The summed E-state index contributed by atoms with van der Waals surface area (Å²) in [7, 11) is 0. The van der Waals surface area contributed by atoms with Crippen molar-refractivity contribution in [1.29, 1.82) is 0 Å². The molecule has 2 rings (SSSR count). The van der Waals surface area contributed by atoms with Crippen LogP contribution in [0.3, 0.4) is 0 Å². The zero-order valence-corrected chi connectivity index (χ0v) is 14.3. The van der Waals surface area contributed by atoms with Crippen LogP contribution in [0.15, 0.2) is 18.2 Å². The van der Waals surface area contributed by atoms with Gasteiger partial charge in [0.1, 0.15) is 0 Å². The van der Waals surface area contributed by atoms with Gasteiger partial charge in [-0.15, -0.1) is 12.4 Å². The first-order chi connectivity index (χ1) is 8.21. The maximum Gasteiger partial charge on any atom is 0.0595 e. The first kappa shape index (κ1) is 17.1. The molecule has 1 aromatic carbocycles. The van der Waals surface area contributed by atoms with Crippen LogP contribution in [-0.4, -0.2) is 18.0 Å². The van der Waals surface area contributed by atoms with E-state index >= 15 is 0 Å². The molecule has 4 heteroatoms. The summed E-state index contributed by atoms with van der Waals surface area (Å²) in [5.41, 5.74) is 1.94. The minimum Gasteiger partial charge on any atom is -0.298 e. The molecule has 0 bridgehead atoms. The molecule has 1 aromatic rings. The Morgan fingerprint density at radius 2 is 1.53 bits per heavy atom. The van der Waals surface area contributed by atoms with E-state index in [0.29, 0.717) is 20.9 Å². The highest BCUT2D eigenvalue weighted by Crippen LogP contribution is 2.45. The number of hydrogen-bond donors (Lipinski definition) is 0. The van der Waals surface area contributed by atoms with Crippen LogP contribution in [0.5, 0.6) is 0 Å². The summed E-state index contributed by atoms with van der Waals surface area (Å²) in [4.78, 5) is 2.50. The van der Waals surface area contributed by atoms with Gasteiger partial charge in [-0.25, -0.2) is 0 Å². The van der Waals surface area contributed by atoms with Crippen LogP contribution in [0, 0.1) is 10.8 Å². The van der Waals surface area contributed by atoms with Gasteiger partial charge in [0, 0.05) is 19.6 Å². The van der Waals surface area contributed by atoms with Crippen molar-refractivity contribution in [1.82, 2.24) is 4.90 Å². The van der Waals surface area contributed by atoms with Crippen LogP contribution in [0.25, 0.3) is 0 Å². The van der Waals surface area contributed by atoms with Crippen molar-refractivity contribution in [2.45, 2.75) is 34.2 Å². The lowest BCUT2D eigenvalue weighted by Crippen LogP contribution is -2.30. The van der Waals surface area contributed by atoms with Gasteiger partial charge >= 0.3 is 0 Å². The second-order valence-electron chi connectivity index (χ2n) is 6.66. The zero-order chi connectivity index (χ0) is 13.6. The molecule has 1 aliphatic heterocycles. The van der Waals surface area contributed by atoms with Gasteiger partial charge in [0.15, 0.2) is 0 Å². The Labute approximate surface area is 132 Å². The predicted molar refractivity (Wildman–Crippen MR) is 86.5 cm³/mol. The van der Waals surface area contributed by atoms with E-state index in [1.54, 1.807) is 0 Å². The summed E-state index contributed by atoms with van der Waals surface area (Å²) < 4.78 is 0. The molecule has 0 amide bonds. The quantitative estimate of drug-likeness (QED) is 0.715. The van der Waals surface area contributed by atoms with E-state index in [1.807, 2.05) is 12.1 Å². The molecular formula is C15H22Cl3N. The third-order valence-electron chi connectivity index (χ3n) is 4.46. The van der Waals surface area contributed by atoms with E-state index in [9.17, 15) is 0 Å². The number of hydrogen-bond acceptors (Lipinski definition) is 1. The Morgan fingerprint density at radius 1 is 1.00 bits per heavy atom. The molecule has 19 heavy (non-hydrogen) atoms. The lowest BCUT2D eigenvalue weighted by atomic mass is 9.71. The lowest BCUT2D eigenvalue weighted by molar-refractivity contribution is 0.184. The summed E-state index contributed by atoms with van der Waals surface area (Å²) in [5, 5.41) is 1.27.